The Hall–Kier alpha value is -4.50. The molecule has 1 unspecified atom stereocenters. The van der Waals surface area contributed by atoms with Crippen molar-refractivity contribution in [3.63, 3.8) is 0 Å². The summed E-state index contributed by atoms with van der Waals surface area (Å²) in [5.74, 6) is -0.468. The fraction of sp³-hybridized carbons (Fsp3) is 0.194. The Morgan fingerprint density at radius 3 is 2.27 bits per heavy atom. The van der Waals surface area contributed by atoms with Gasteiger partial charge >= 0.3 is 6.18 Å². The largest absolute Gasteiger partial charge is 0.416 e. The number of nitrogens with one attached hydrogen (secondary N) is 2. The zero-order chi connectivity index (χ0) is 28.9. The van der Waals surface area contributed by atoms with E-state index in [2.05, 4.69) is 15.6 Å². The number of anilines is 2. The number of pyridine rings is 1. The molecule has 1 atom stereocenters. The number of alkyl halides is 3. The highest BCUT2D eigenvalue weighted by Gasteiger charge is 2.34. The molecular weight excluding hydrogens is 519 g/mol. The molecule has 4 aromatic rings. The molecule has 1 heterocycles. The minimum absolute atomic E-state index is 0.0262. The van der Waals surface area contributed by atoms with Gasteiger partial charge in [-0.2, -0.15) is 13.2 Å². The van der Waals surface area contributed by atoms with E-state index in [9.17, 15) is 27.9 Å². The third kappa shape index (κ3) is 7.12. The number of aryl methyl sites for hydroxylation is 2. The minimum atomic E-state index is -4.60. The van der Waals surface area contributed by atoms with Gasteiger partial charge in [0.2, 0.25) is 5.91 Å². The third-order valence-corrected chi connectivity index (χ3v) is 6.34. The van der Waals surface area contributed by atoms with E-state index in [0.717, 1.165) is 6.07 Å². The zero-order valence-corrected chi connectivity index (χ0v) is 21.9. The fourth-order valence-corrected chi connectivity index (χ4v) is 4.36. The Morgan fingerprint density at radius 2 is 1.62 bits per heavy atom. The topological polar surface area (TPSA) is 91.3 Å². The van der Waals surface area contributed by atoms with Gasteiger partial charge in [0.25, 0.3) is 5.91 Å². The molecule has 4 rings (SSSR count). The van der Waals surface area contributed by atoms with Crippen LogP contribution >= 0.6 is 0 Å². The molecule has 206 valence electrons. The summed E-state index contributed by atoms with van der Waals surface area (Å²) in [7, 11) is 0. The van der Waals surface area contributed by atoms with Gasteiger partial charge in [-0.1, -0.05) is 54.6 Å². The number of halogens is 3. The lowest BCUT2D eigenvalue weighted by molar-refractivity contribution is -0.138. The highest BCUT2D eigenvalue weighted by Crippen LogP contribution is 2.36. The van der Waals surface area contributed by atoms with Crippen LogP contribution < -0.4 is 10.6 Å². The maximum atomic E-state index is 13.6. The van der Waals surface area contributed by atoms with Crippen molar-refractivity contribution in [2.45, 2.75) is 39.0 Å². The number of aromatic nitrogens is 1. The first-order valence-electron chi connectivity index (χ1n) is 12.6. The van der Waals surface area contributed by atoms with Gasteiger partial charge in [-0.05, 0) is 72.4 Å². The number of aliphatic hydroxyl groups excluding tert-OH is 1. The summed E-state index contributed by atoms with van der Waals surface area (Å²) in [5.41, 5.74) is 1.77. The van der Waals surface area contributed by atoms with Gasteiger partial charge in [-0.15, -0.1) is 0 Å². The van der Waals surface area contributed by atoms with Crippen molar-refractivity contribution >= 4 is 23.3 Å². The molecule has 1 aromatic heterocycles. The van der Waals surface area contributed by atoms with Crippen LogP contribution in [0.2, 0.25) is 0 Å². The Balaban J connectivity index is 1.48. The molecule has 0 fully saturated rings. The molecule has 0 radical (unpaired) electrons. The average molecular weight is 548 g/mol. The molecule has 2 amide bonds. The Labute approximate surface area is 229 Å². The number of hydrogen-bond acceptors (Lipinski definition) is 4. The van der Waals surface area contributed by atoms with Crippen molar-refractivity contribution in [2.24, 2.45) is 0 Å². The number of carbonyl (C=O) groups excluding carboxylic acids is 2. The number of nitrogens with zero attached hydrogens (tertiary/aromatic N) is 1. The maximum Gasteiger partial charge on any atom is 0.416 e. The lowest BCUT2D eigenvalue weighted by Gasteiger charge is -2.17. The molecule has 0 bridgehead atoms. The molecule has 3 N–H and O–H groups in total. The van der Waals surface area contributed by atoms with Gasteiger partial charge in [0.15, 0.2) is 0 Å². The van der Waals surface area contributed by atoms with E-state index in [1.54, 1.807) is 72.8 Å². The van der Waals surface area contributed by atoms with E-state index in [1.807, 2.05) is 0 Å². The predicted octanol–water partition coefficient (Wildman–Crippen LogP) is 6.95. The molecule has 40 heavy (non-hydrogen) atoms. The molecule has 9 heteroatoms. The quantitative estimate of drug-likeness (QED) is 0.223. The number of amides is 2. The summed E-state index contributed by atoms with van der Waals surface area (Å²) in [6.07, 6.45) is -4.59. The molecule has 0 aliphatic carbocycles. The standard InChI is InChI=1S/C31H28F3N3O3/c1-19-17-25(21-7-4-3-5-8-21)26(18-27(19)31(32,33)34)30(40)37-24-13-11-22(12-14-24)28(39)16-15-23-9-6-10-29(36-23)35-20(2)38/h3-14,17-18,28,39H,15-16H2,1-2H3,(H,37,40)(H,35,36,38). The second-order valence-corrected chi connectivity index (χ2v) is 9.40. The number of benzene rings is 3. The van der Waals surface area contributed by atoms with E-state index in [4.69, 9.17) is 0 Å². The van der Waals surface area contributed by atoms with E-state index in [0.29, 0.717) is 46.7 Å². The monoisotopic (exact) mass is 547 g/mol. The van der Waals surface area contributed by atoms with Crippen molar-refractivity contribution in [3.05, 3.63) is 113 Å². The normalized spacial score (nSPS) is 12.1. The SMILES string of the molecule is CC(=O)Nc1cccc(CCC(O)c2ccc(NC(=O)c3cc(C(F)(F)F)c(C)cc3-c3ccccc3)cc2)n1. The lowest BCUT2D eigenvalue weighted by atomic mass is 9.93. The van der Waals surface area contributed by atoms with Gasteiger partial charge in [-0.3, -0.25) is 9.59 Å². The maximum absolute atomic E-state index is 13.6. The summed E-state index contributed by atoms with van der Waals surface area (Å²) in [5, 5.41) is 16.0. The lowest BCUT2D eigenvalue weighted by Crippen LogP contribution is -2.16. The average Bonchev–Trinajstić information content (AvgIpc) is 2.91. The number of rotatable bonds is 8. The van der Waals surface area contributed by atoms with Crippen LogP contribution in [0.25, 0.3) is 11.1 Å². The van der Waals surface area contributed by atoms with E-state index >= 15 is 0 Å². The number of aliphatic hydroxyl groups is 1. The summed E-state index contributed by atoms with van der Waals surface area (Å²) in [4.78, 5) is 28.8. The fourth-order valence-electron chi connectivity index (χ4n) is 4.36. The summed E-state index contributed by atoms with van der Waals surface area (Å²) >= 11 is 0. The van der Waals surface area contributed by atoms with Crippen LogP contribution in [0.5, 0.6) is 0 Å². The van der Waals surface area contributed by atoms with E-state index in [-0.39, 0.29) is 17.0 Å². The molecule has 3 aromatic carbocycles. The van der Waals surface area contributed by atoms with Crippen molar-refractivity contribution in [1.29, 1.82) is 0 Å². The molecule has 0 saturated heterocycles. The molecule has 0 aliphatic rings. The van der Waals surface area contributed by atoms with Crippen LogP contribution in [0, 0.1) is 6.92 Å². The van der Waals surface area contributed by atoms with Crippen LogP contribution in [0.4, 0.5) is 24.7 Å². The van der Waals surface area contributed by atoms with E-state index in [1.165, 1.54) is 19.9 Å². The molecule has 0 spiro atoms. The number of hydrogen-bond donors (Lipinski definition) is 3. The first-order valence-corrected chi connectivity index (χ1v) is 12.6. The highest BCUT2D eigenvalue weighted by atomic mass is 19.4. The summed E-state index contributed by atoms with van der Waals surface area (Å²) in [6, 6.07) is 22.8. The Bertz CT molecular complexity index is 1500. The second kappa shape index (κ2) is 12.1. The molecular formula is C31H28F3N3O3. The smallest absolute Gasteiger partial charge is 0.388 e. The van der Waals surface area contributed by atoms with Crippen LogP contribution in [0.3, 0.4) is 0 Å². The van der Waals surface area contributed by atoms with Gasteiger partial charge in [0.1, 0.15) is 5.82 Å². The number of carbonyl (C=O) groups is 2. The van der Waals surface area contributed by atoms with Gasteiger partial charge < -0.3 is 15.7 Å². The predicted molar refractivity (Wildman–Crippen MR) is 148 cm³/mol. The molecule has 6 nitrogen and oxygen atoms in total. The minimum Gasteiger partial charge on any atom is -0.388 e. The summed E-state index contributed by atoms with van der Waals surface area (Å²) in [6.45, 7) is 2.77. The van der Waals surface area contributed by atoms with Gasteiger partial charge in [0.05, 0.1) is 11.7 Å². The first kappa shape index (κ1) is 28.5. The van der Waals surface area contributed by atoms with Gasteiger partial charge in [0, 0.05) is 23.9 Å². The van der Waals surface area contributed by atoms with Crippen LogP contribution in [0.15, 0.2) is 84.9 Å². The van der Waals surface area contributed by atoms with Crippen LogP contribution in [0.1, 0.15) is 52.2 Å². The van der Waals surface area contributed by atoms with Crippen molar-refractivity contribution in [2.75, 3.05) is 10.6 Å². The molecule has 0 saturated carbocycles. The molecule has 0 aliphatic heterocycles. The van der Waals surface area contributed by atoms with Crippen molar-refractivity contribution < 1.29 is 27.9 Å². The Kier molecular flexibility index (Phi) is 8.64. The first-order chi connectivity index (χ1) is 19.0. The van der Waals surface area contributed by atoms with E-state index < -0.39 is 23.8 Å². The van der Waals surface area contributed by atoms with Crippen molar-refractivity contribution in [3.8, 4) is 11.1 Å². The highest BCUT2D eigenvalue weighted by molar-refractivity contribution is 6.09. The van der Waals surface area contributed by atoms with Crippen LogP contribution in [-0.2, 0) is 17.4 Å². The second-order valence-electron chi connectivity index (χ2n) is 9.40. The van der Waals surface area contributed by atoms with Crippen molar-refractivity contribution in [1.82, 2.24) is 4.98 Å². The zero-order valence-electron chi connectivity index (χ0n) is 21.9. The third-order valence-electron chi connectivity index (χ3n) is 6.34. The van der Waals surface area contributed by atoms with Gasteiger partial charge in [-0.25, -0.2) is 4.98 Å². The summed E-state index contributed by atoms with van der Waals surface area (Å²) < 4.78 is 40.9. The Morgan fingerprint density at radius 1 is 0.925 bits per heavy atom. The van der Waals surface area contributed by atoms with Crippen LogP contribution in [-0.4, -0.2) is 21.9 Å².